The van der Waals surface area contributed by atoms with Crippen molar-refractivity contribution in [3.05, 3.63) is 83.9 Å². The molecular formula is C25H24O4. The van der Waals surface area contributed by atoms with Gasteiger partial charge in [-0.3, -0.25) is 0 Å². The van der Waals surface area contributed by atoms with Crippen LogP contribution in [0.25, 0.3) is 11.1 Å². The molecule has 1 aliphatic rings. The van der Waals surface area contributed by atoms with Gasteiger partial charge in [0.15, 0.2) is 18.1 Å². The molecule has 0 aliphatic carbocycles. The lowest BCUT2D eigenvalue weighted by atomic mass is 10.0. The second kappa shape index (κ2) is 8.00. The van der Waals surface area contributed by atoms with Crippen molar-refractivity contribution < 1.29 is 19.0 Å². The molecule has 3 aromatic carbocycles. The van der Waals surface area contributed by atoms with E-state index in [2.05, 4.69) is 12.1 Å². The first kappa shape index (κ1) is 19.1. The van der Waals surface area contributed by atoms with Gasteiger partial charge in [-0.15, -0.1) is 0 Å². The Morgan fingerprint density at radius 1 is 0.931 bits per heavy atom. The molecule has 0 unspecified atom stereocenters. The Kier molecular flexibility index (Phi) is 5.26. The van der Waals surface area contributed by atoms with Crippen molar-refractivity contribution in [1.82, 2.24) is 0 Å². The Morgan fingerprint density at radius 3 is 2.41 bits per heavy atom. The second-order valence-electron chi connectivity index (χ2n) is 7.80. The third-order valence-electron chi connectivity index (χ3n) is 4.86. The SMILES string of the molecule is CC1(C)Cc2cccc(OCC(=O)OCc3ccc(-c4ccccc4)cc3)c2O1. The van der Waals surface area contributed by atoms with Gasteiger partial charge in [0.25, 0.3) is 0 Å². The van der Waals surface area contributed by atoms with E-state index < -0.39 is 5.97 Å². The summed E-state index contributed by atoms with van der Waals surface area (Å²) in [7, 11) is 0. The summed E-state index contributed by atoms with van der Waals surface area (Å²) in [6.45, 7) is 4.14. The number of rotatable bonds is 6. The Balaban J connectivity index is 1.30. The van der Waals surface area contributed by atoms with E-state index in [-0.39, 0.29) is 18.8 Å². The molecule has 1 heterocycles. The molecule has 29 heavy (non-hydrogen) atoms. The van der Waals surface area contributed by atoms with E-state index in [1.807, 2.05) is 74.5 Å². The fraction of sp³-hybridized carbons (Fsp3) is 0.240. The van der Waals surface area contributed by atoms with Crippen LogP contribution in [0, 0.1) is 0 Å². The summed E-state index contributed by atoms with van der Waals surface area (Å²) < 4.78 is 17.0. The topological polar surface area (TPSA) is 44.8 Å². The molecule has 4 heteroatoms. The van der Waals surface area contributed by atoms with Crippen LogP contribution in [0.4, 0.5) is 0 Å². The molecule has 0 spiro atoms. The Labute approximate surface area is 171 Å². The maximum absolute atomic E-state index is 12.1. The smallest absolute Gasteiger partial charge is 0.344 e. The van der Waals surface area contributed by atoms with Crippen molar-refractivity contribution >= 4 is 5.97 Å². The van der Waals surface area contributed by atoms with Crippen molar-refractivity contribution in [2.75, 3.05) is 6.61 Å². The monoisotopic (exact) mass is 388 g/mol. The quantitative estimate of drug-likeness (QED) is 0.545. The van der Waals surface area contributed by atoms with Crippen LogP contribution in [0.3, 0.4) is 0 Å². The average Bonchev–Trinajstić information content (AvgIpc) is 3.06. The molecule has 0 bridgehead atoms. The van der Waals surface area contributed by atoms with E-state index in [0.29, 0.717) is 5.75 Å². The summed E-state index contributed by atoms with van der Waals surface area (Å²) >= 11 is 0. The summed E-state index contributed by atoms with van der Waals surface area (Å²) in [5.41, 5.74) is 4.06. The molecule has 3 aromatic rings. The third kappa shape index (κ3) is 4.60. The molecule has 0 amide bonds. The van der Waals surface area contributed by atoms with Gasteiger partial charge in [0, 0.05) is 12.0 Å². The van der Waals surface area contributed by atoms with E-state index in [9.17, 15) is 4.79 Å². The highest BCUT2D eigenvalue weighted by molar-refractivity contribution is 5.71. The predicted octanol–water partition coefficient (Wildman–Crippen LogP) is 5.19. The normalized spacial score (nSPS) is 14.0. The molecule has 0 radical (unpaired) electrons. The Bertz CT molecular complexity index is 991. The molecule has 0 fully saturated rings. The minimum absolute atomic E-state index is 0.150. The first-order chi connectivity index (χ1) is 14.0. The number of para-hydroxylation sites is 1. The van der Waals surface area contributed by atoms with E-state index >= 15 is 0 Å². The van der Waals surface area contributed by atoms with Crippen LogP contribution < -0.4 is 9.47 Å². The van der Waals surface area contributed by atoms with Gasteiger partial charge in [-0.05, 0) is 36.6 Å². The molecule has 1 aliphatic heterocycles. The summed E-state index contributed by atoms with van der Waals surface area (Å²) in [6, 6.07) is 23.9. The van der Waals surface area contributed by atoms with E-state index in [1.165, 1.54) is 0 Å². The van der Waals surface area contributed by atoms with Gasteiger partial charge in [-0.25, -0.2) is 4.79 Å². The fourth-order valence-electron chi connectivity index (χ4n) is 3.47. The molecule has 148 valence electrons. The zero-order chi connectivity index (χ0) is 20.3. The van der Waals surface area contributed by atoms with Gasteiger partial charge in [0.1, 0.15) is 12.2 Å². The van der Waals surface area contributed by atoms with Crippen LogP contribution in [0.2, 0.25) is 0 Å². The lowest BCUT2D eigenvalue weighted by Gasteiger charge is -2.18. The highest BCUT2D eigenvalue weighted by Crippen LogP contribution is 2.41. The summed E-state index contributed by atoms with van der Waals surface area (Å²) in [5.74, 6) is 0.894. The highest BCUT2D eigenvalue weighted by atomic mass is 16.6. The molecular weight excluding hydrogens is 364 g/mol. The van der Waals surface area contributed by atoms with Gasteiger partial charge in [-0.1, -0.05) is 66.7 Å². The molecule has 0 atom stereocenters. The maximum atomic E-state index is 12.1. The van der Waals surface area contributed by atoms with Gasteiger partial charge in [-0.2, -0.15) is 0 Å². The second-order valence-corrected chi connectivity index (χ2v) is 7.80. The summed E-state index contributed by atoms with van der Waals surface area (Å²) in [4.78, 5) is 12.1. The van der Waals surface area contributed by atoms with E-state index in [4.69, 9.17) is 14.2 Å². The molecule has 0 N–H and O–H groups in total. The van der Waals surface area contributed by atoms with E-state index in [0.717, 1.165) is 34.4 Å². The van der Waals surface area contributed by atoms with Crippen LogP contribution >= 0.6 is 0 Å². The lowest BCUT2D eigenvalue weighted by Crippen LogP contribution is -2.24. The zero-order valence-corrected chi connectivity index (χ0v) is 16.7. The minimum Gasteiger partial charge on any atom is -0.483 e. The van der Waals surface area contributed by atoms with Crippen LogP contribution in [0.15, 0.2) is 72.8 Å². The van der Waals surface area contributed by atoms with Gasteiger partial charge in [0.05, 0.1) is 0 Å². The first-order valence-electron chi connectivity index (χ1n) is 9.74. The third-order valence-corrected chi connectivity index (χ3v) is 4.86. The van der Waals surface area contributed by atoms with Crippen molar-refractivity contribution in [3.63, 3.8) is 0 Å². The number of carbonyl (C=O) groups is 1. The van der Waals surface area contributed by atoms with Crippen molar-refractivity contribution in [1.29, 1.82) is 0 Å². The maximum Gasteiger partial charge on any atom is 0.344 e. The number of esters is 1. The number of fused-ring (bicyclic) bond motifs is 1. The molecule has 0 aromatic heterocycles. The number of carbonyl (C=O) groups excluding carboxylic acids is 1. The Hall–Kier alpha value is -3.27. The van der Waals surface area contributed by atoms with Crippen molar-refractivity contribution in [3.8, 4) is 22.6 Å². The zero-order valence-electron chi connectivity index (χ0n) is 16.7. The van der Waals surface area contributed by atoms with Crippen LogP contribution in [-0.4, -0.2) is 18.2 Å². The first-order valence-corrected chi connectivity index (χ1v) is 9.74. The molecule has 0 saturated carbocycles. The number of benzene rings is 3. The minimum atomic E-state index is -0.410. The molecule has 0 saturated heterocycles. The standard InChI is InChI=1S/C25H24O4/c1-25(2)15-21-9-6-10-22(24(21)29-25)27-17-23(26)28-16-18-11-13-20(14-12-18)19-7-4-3-5-8-19/h3-14H,15-17H2,1-2H3. The largest absolute Gasteiger partial charge is 0.483 e. The number of hydrogen-bond acceptors (Lipinski definition) is 4. The van der Waals surface area contributed by atoms with Gasteiger partial charge >= 0.3 is 5.97 Å². The summed E-state index contributed by atoms with van der Waals surface area (Å²) in [5, 5.41) is 0. The van der Waals surface area contributed by atoms with Crippen molar-refractivity contribution in [2.24, 2.45) is 0 Å². The predicted molar refractivity (Wildman–Crippen MR) is 112 cm³/mol. The van der Waals surface area contributed by atoms with Crippen LogP contribution in [0.1, 0.15) is 25.0 Å². The van der Waals surface area contributed by atoms with Crippen LogP contribution in [-0.2, 0) is 22.6 Å². The highest BCUT2D eigenvalue weighted by Gasteiger charge is 2.32. The molecule has 4 rings (SSSR count). The average molecular weight is 388 g/mol. The van der Waals surface area contributed by atoms with Gasteiger partial charge < -0.3 is 14.2 Å². The van der Waals surface area contributed by atoms with Gasteiger partial charge in [0.2, 0.25) is 0 Å². The van der Waals surface area contributed by atoms with E-state index in [1.54, 1.807) is 0 Å². The number of ether oxygens (including phenoxy) is 3. The Morgan fingerprint density at radius 2 is 1.66 bits per heavy atom. The number of hydrogen-bond donors (Lipinski definition) is 0. The van der Waals surface area contributed by atoms with Crippen LogP contribution in [0.5, 0.6) is 11.5 Å². The lowest BCUT2D eigenvalue weighted by molar-refractivity contribution is -0.147. The summed E-state index contributed by atoms with van der Waals surface area (Å²) in [6.07, 6.45) is 0.822. The fourth-order valence-corrected chi connectivity index (χ4v) is 3.47. The molecule has 4 nitrogen and oxygen atoms in total. The van der Waals surface area contributed by atoms with Crippen molar-refractivity contribution in [2.45, 2.75) is 32.5 Å².